The first-order valence-corrected chi connectivity index (χ1v) is 8.77. The van der Waals surface area contributed by atoms with Crippen molar-refractivity contribution in [1.82, 2.24) is 4.98 Å². The number of rotatable bonds is 5. The second-order valence-electron chi connectivity index (χ2n) is 6.97. The van der Waals surface area contributed by atoms with Crippen LogP contribution in [0.25, 0.3) is 0 Å². The van der Waals surface area contributed by atoms with Gasteiger partial charge in [-0.1, -0.05) is 25.8 Å². The van der Waals surface area contributed by atoms with Gasteiger partial charge in [0.05, 0.1) is 0 Å². The standard InChI is InChI=1S/C19H25NO3/c1-2-14-9-15(13-20-12-14)7-8-19(16-5-3-4-6-16)11-17(21)10-18(22)23-19/h9,12-13,16H,2-8,10-11H2,1H3. The number of carbonyl (C=O) groups is 2. The minimum absolute atomic E-state index is 0.0357. The lowest BCUT2D eigenvalue weighted by Crippen LogP contribution is -2.48. The van der Waals surface area contributed by atoms with Gasteiger partial charge in [0.15, 0.2) is 0 Å². The summed E-state index contributed by atoms with van der Waals surface area (Å²) in [6, 6.07) is 2.17. The van der Waals surface area contributed by atoms with E-state index in [0.717, 1.165) is 37.7 Å². The fourth-order valence-electron chi connectivity index (χ4n) is 4.11. The van der Waals surface area contributed by atoms with E-state index in [1.54, 1.807) is 0 Å². The highest BCUT2D eigenvalue weighted by molar-refractivity contribution is 5.98. The summed E-state index contributed by atoms with van der Waals surface area (Å²) in [5.41, 5.74) is 1.80. The van der Waals surface area contributed by atoms with E-state index < -0.39 is 5.60 Å². The Kier molecular flexibility index (Phi) is 4.79. The predicted octanol–water partition coefficient (Wildman–Crippen LogP) is 3.41. The van der Waals surface area contributed by atoms with Crippen LogP contribution in [-0.4, -0.2) is 22.3 Å². The van der Waals surface area contributed by atoms with E-state index in [2.05, 4.69) is 18.0 Å². The summed E-state index contributed by atoms with van der Waals surface area (Å²) in [5.74, 6) is 0.0279. The number of nitrogens with zero attached hydrogens (tertiary/aromatic N) is 1. The molecule has 2 fully saturated rings. The number of cyclic esters (lactones) is 1. The molecule has 1 atom stereocenters. The molecule has 1 saturated carbocycles. The Labute approximate surface area is 137 Å². The zero-order chi connectivity index (χ0) is 16.3. The summed E-state index contributed by atoms with van der Waals surface area (Å²) < 4.78 is 5.83. The number of esters is 1. The Morgan fingerprint density at radius 2 is 1.96 bits per heavy atom. The van der Waals surface area contributed by atoms with E-state index >= 15 is 0 Å². The average molecular weight is 315 g/mol. The molecule has 1 aromatic rings. The average Bonchev–Trinajstić information content (AvgIpc) is 3.07. The summed E-state index contributed by atoms with van der Waals surface area (Å²) in [6.45, 7) is 2.11. The van der Waals surface area contributed by atoms with Crippen LogP contribution in [0.2, 0.25) is 0 Å². The zero-order valence-corrected chi connectivity index (χ0v) is 13.8. The topological polar surface area (TPSA) is 56.3 Å². The Balaban J connectivity index is 1.78. The number of hydrogen-bond acceptors (Lipinski definition) is 4. The number of aromatic nitrogens is 1. The van der Waals surface area contributed by atoms with Gasteiger partial charge in [0.2, 0.25) is 0 Å². The first kappa shape index (κ1) is 16.2. The molecule has 1 aromatic heterocycles. The van der Waals surface area contributed by atoms with Crippen molar-refractivity contribution in [2.24, 2.45) is 5.92 Å². The van der Waals surface area contributed by atoms with Gasteiger partial charge in [-0.05, 0) is 49.1 Å². The molecule has 0 N–H and O–H groups in total. The molecule has 0 amide bonds. The summed E-state index contributed by atoms with van der Waals surface area (Å²) in [7, 11) is 0. The summed E-state index contributed by atoms with van der Waals surface area (Å²) in [5, 5.41) is 0. The van der Waals surface area contributed by atoms with Crippen molar-refractivity contribution in [3.63, 3.8) is 0 Å². The van der Waals surface area contributed by atoms with Gasteiger partial charge in [-0.25, -0.2) is 0 Å². The van der Waals surface area contributed by atoms with Crippen molar-refractivity contribution in [3.05, 3.63) is 29.6 Å². The Morgan fingerprint density at radius 3 is 2.65 bits per heavy atom. The minimum Gasteiger partial charge on any atom is -0.458 e. The van der Waals surface area contributed by atoms with E-state index in [1.807, 2.05) is 12.4 Å². The fraction of sp³-hybridized carbons (Fsp3) is 0.632. The number of carbonyl (C=O) groups excluding carboxylic acids is 2. The molecule has 1 unspecified atom stereocenters. The van der Waals surface area contributed by atoms with Gasteiger partial charge in [0, 0.05) is 18.8 Å². The zero-order valence-electron chi connectivity index (χ0n) is 13.8. The van der Waals surface area contributed by atoms with Crippen LogP contribution in [-0.2, 0) is 27.2 Å². The molecule has 0 spiro atoms. The second kappa shape index (κ2) is 6.81. The van der Waals surface area contributed by atoms with Crippen molar-refractivity contribution in [2.75, 3.05) is 0 Å². The number of hydrogen-bond donors (Lipinski definition) is 0. The lowest BCUT2D eigenvalue weighted by atomic mass is 9.76. The molecule has 1 aliphatic carbocycles. The molecule has 1 aliphatic heterocycles. The van der Waals surface area contributed by atoms with Gasteiger partial charge in [-0.3, -0.25) is 14.6 Å². The third-order valence-corrected chi connectivity index (χ3v) is 5.35. The van der Waals surface area contributed by atoms with Crippen molar-refractivity contribution in [2.45, 2.75) is 70.3 Å². The third kappa shape index (κ3) is 3.62. The molecule has 2 heterocycles. The minimum atomic E-state index is -0.578. The van der Waals surface area contributed by atoms with Crippen molar-refractivity contribution < 1.29 is 14.3 Å². The van der Waals surface area contributed by atoms with Gasteiger partial charge in [-0.2, -0.15) is 0 Å². The van der Waals surface area contributed by atoms with Crippen molar-refractivity contribution in [1.29, 1.82) is 0 Å². The van der Waals surface area contributed by atoms with Gasteiger partial charge in [-0.15, -0.1) is 0 Å². The summed E-state index contributed by atoms with van der Waals surface area (Å²) in [4.78, 5) is 28.2. The van der Waals surface area contributed by atoms with E-state index in [-0.39, 0.29) is 18.2 Å². The highest BCUT2D eigenvalue weighted by atomic mass is 16.6. The van der Waals surface area contributed by atoms with Crippen molar-refractivity contribution >= 4 is 11.8 Å². The molecule has 23 heavy (non-hydrogen) atoms. The molecule has 0 aromatic carbocycles. The maximum absolute atomic E-state index is 12.0. The Morgan fingerprint density at radius 1 is 1.22 bits per heavy atom. The fourth-order valence-corrected chi connectivity index (χ4v) is 4.11. The molecular formula is C19H25NO3. The van der Waals surface area contributed by atoms with Crippen LogP contribution in [0.3, 0.4) is 0 Å². The molecule has 4 heteroatoms. The first-order chi connectivity index (χ1) is 11.1. The summed E-state index contributed by atoms with van der Waals surface area (Å²) >= 11 is 0. The van der Waals surface area contributed by atoms with Gasteiger partial charge in [0.1, 0.15) is 17.8 Å². The van der Waals surface area contributed by atoms with Crippen LogP contribution in [0.15, 0.2) is 18.5 Å². The van der Waals surface area contributed by atoms with E-state index in [1.165, 1.54) is 18.4 Å². The van der Waals surface area contributed by atoms with Crippen molar-refractivity contribution in [3.8, 4) is 0 Å². The molecule has 2 aliphatic rings. The number of ketones is 1. The van der Waals surface area contributed by atoms with Crippen LogP contribution < -0.4 is 0 Å². The molecule has 1 saturated heterocycles. The van der Waals surface area contributed by atoms with E-state index in [9.17, 15) is 9.59 Å². The van der Waals surface area contributed by atoms with Crippen LogP contribution in [0.5, 0.6) is 0 Å². The third-order valence-electron chi connectivity index (χ3n) is 5.35. The van der Waals surface area contributed by atoms with Crippen LogP contribution in [0, 0.1) is 5.92 Å². The molecule has 3 rings (SSSR count). The van der Waals surface area contributed by atoms with Crippen LogP contribution in [0.1, 0.15) is 63.0 Å². The normalized spacial score (nSPS) is 25.6. The lowest BCUT2D eigenvalue weighted by molar-refractivity contribution is -0.178. The number of pyridine rings is 1. The number of ether oxygens (including phenoxy) is 1. The largest absolute Gasteiger partial charge is 0.458 e. The van der Waals surface area contributed by atoms with Crippen LogP contribution in [0.4, 0.5) is 0 Å². The Hall–Kier alpha value is -1.71. The monoisotopic (exact) mass is 315 g/mol. The SMILES string of the molecule is CCc1cncc(CCC2(C3CCCC3)CC(=O)CC(=O)O2)c1. The molecule has 0 radical (unpaired) electrons. The smallest absolute Gasteiger partial charge is 0.313 e. The molecule has 4 nitrogen and oxygen atoms in total. The number of Topliss-reactive ketones (excluding diaryl/α,β-unsaturated/α-hetero) is 1. The lowest BCUT2D eigenvalue weighted by Gasteiger charge is -2.41. The van der Waals surface area contributed by atoms with E-state index in [0.29, 0.717) is 12.3 Å². The maximum atomic E-state index is 12.0. The maximum Gasteiger partial charge on any atom is 0.313 e. The molecule has 124 valence electrons. The first-order valence-electron chi connectivity index (χ1n) is 8.77. The predicted molar refractivity (Wildman–Crippen MR) is 87.0 cm³/mol. The molecular weight excluding hydrogens is 290 g/mol. The second-order valence-corrected chi connectivity index (χ2v) is 6.97. The highest BCUT2D eigenvalue weighted by Crippen LogP contribution is 2.43. The van der Waals surface area contributed by atoms with E-state index in [4.69, 9.17) is 4.74 Å². The number of aryl methyl sites for hydroxylation is 2. The summed E-state index contributed by atoms with van der Waals surface area (Å²) in [6.07, 6.45) is 11.1. The molecule has 0 bridgehead atoms. The van der Waals surface area contributed by atoms with Crippen LogP contribution >= 0.6 is 0 Å². The van der Waals surface area contributed by atoms with Gasteiger partial charge >= 0.3 is 5.97 Å². The Bertz CT molecular complexity index is 574. The van der Waals surface area contributed by atoms with Gasteiger partial charge < -0.3 is 4.74 Å². The van der Waals surface area contributed by atoms with Gasteiger partial charge in [0.25, 0.3) is 0 Å². The highest BCUT2D eigenvalue weighted by Gasteiger charge is 2.47. The quantitative estimate of drug-likeness (QED) is 0.617.